The molecule has 0 fully saturated rings. The van der Waals surface area contributed by atoms with Gasteiger partial charge in [0.2, 0.25) is 0 Å². The molecule has 2 rings (SSSR count). The first kappa shape index (κ1) is 10.5. The van der Waals surface area contributed by atoms with Crippen molar-refractivity contribution in [3.8, 4) is 0 Å². The summed E-state index contributed by atoms with van der Waals surface area (Å²) >= 11 is 0. The third kappa shape index (κ3) is 2.51. The number of amides is 1. The third-order valence-electron chi connectivity index (χ3n) is 2.38. The molecule has 16 heavy (non-hydrogen) atoms. The van der Waals surface area contributed by atoms with Crippen LogP contribution in [0.1, 0.15) is 6.99 Å². The number of rotatable bonds is 2. The highest BCUT2D eigenvalue weighted by atomic mass is 16.2. The van der Waals surface area contributed by atoms with Gasteiger partial charge in [0.25, 0.3) is 5.91 Å². The van der Waals surface area contributed by atoms with Crippen molar-refractivity contribution in [3.05, 3.63) is 54.4 Å². The second-order valence-electron chi connectivity index (χ2n) is 3.75. The predicted octanol–water partition coefficient (Wildman–Crippen LogP) is 2.02. The van der Waals surface area contributed by atoms with Crippen LogP contribution in [-0.4, -0.2) is 29.4 Å². The molecule has 82 valence electrons. The highest BCUT2D eigenvalue weighted by molar-refractivity contribution is 5.92. The van der Waals surface area contributed by atoms with Crippen molar-refractivity contribution in [2.45, 2.75) is 0 Å². The molecule has 1 aliphatic heterocycles. The van der Waals surface area contributed by atoms with Gasteiger partial charge in [-0.3, -0.25) is 9.69 Å². The monoisotopic (exact) mass is 215 g/mol. The molecular weight excluding hydrogens is 200 g/mol. The van der Waals surface area contributed by atoms with Crippen molar-refractivity contribution in [1.29, 1.82) is 0 Å². The van der Waals surface area contributed by atoms with E-state index in [1.807, 2.05) is 54.6 Å². The standard InChI is InChI=1S/C13H14N2O/c1-14-9-10-15(11-14)13(16)8-7-12-5-3-2-4-6-12/h2-10H,11H2,1H3/p+1/b8-7+. The smallest absolute Gasteiger partial charge is 0.361 e. The lowest BCUT2D eigenvalue weighted by Crippen LogP contribution is -2.27. The quantitative estimate of drug-likeness (QED) is 0.705. The van der Waals surface area contributed by atoms with Gasteiger partial charge in [0.1, 0.15) is 0 Å². The Kier molecular flexibility index (Phi) is 3.05. The normalized spacial score (nSPS) is 15.1. The fraction of sp³-hybridized carbons (Fsp3) is 0.154. The summed E-state index contributed by atoms with van der Waals surface area (Å²) in [6.07, 6.45) is 7.10. The number of carbonyl (C=O) groups is 1. The summed E-state index contributed by atoms with van der Waals surface area (Å²) in [5, 5.41) is 0. The summed E-state index contributed by atoms with van der Waals surface area (Å²) in [5.41, 5.74) is 1.03. The zero-order valence-electron chi connectivity index (χ0n) is 10.2. The van der Waals surface area contributed by atoms with Gasteiger partial charge < -0.3 is 4.90 Å². The lowest BCUT2D eigenvalue weighted by atomic mass is 10.2. The molecule has 0 saturated heterocycles. The number of hydrogen-bond acceptors (Lipinski definition) is 2. The SMILES string of the molecule is CN1C=CN(C(=O)/C=C/c2ccccc2)C1.[H+]. The van der Waals surface area contributed by atoms with Gasteiger partial charge in [0.05, 0.1) is 6.67 Å². The summed E-state index contributed by atoms with van der Waals surface area (Å²) in [4.78, 5) is 15.3. The molecule has 1 heterocycles. The topological polar surface area (TPSA) is 23.6 Å². The highest BCUT2D eigenvalue weighted by Crippen LogP contribution is 2.06. The van der Waals surface area contributed by atoms with Crippen LogP contribution in [0, 0.1) is 0 Å². The van der Waals surface area contributed by atoms with Gasteiger partial charge >= 0.3 is 1.43 Å². The molecule has 1 aromatic carbocycles. The Hall–Kier alpha value is -2.03. The van der Waals surface area contributed by atoms with E-state index < -0.39 is 0 Å². The summed E-state index contributed by atoms with van der Waals surface area (Å²) in [6, 6.07) is 9.80. The van der Waals surface area contributed by atoms with Crippen molar-refractivity contribution < 1.29 is 6.22 Å². The maximum atomic E-state index is 11.7. The van der Waals surface area contributed by atoms with Crippen LogP contribution in [0.4, 0.5) is 0 Å². The summed E-state index contributed by atoms with van der Waals surface area (Å²) in [5.74, 6) is 0.00412. The third-order valence-corrected chi connectivity index (χ3v) is 2.38. The molecule has 0 spiro atoms. The van der Waals surface area contributed by atoms with E-state index in [4.69, 9.17) is 0 Å². The average Bonchev–Trinajstić information content (AvgIpc) is 2.74. The van der Waals surface area contributed by atoms with Crippen LogP contribution in [-0.2, 0) is 4.79 Å². The molecule has 0 atom stereocenters. The van der Waals surface area contributed by atoms with Crippen LogP contribution in [0.5, 0.6) is 0 Å². The zero-order valence-corrected chi connectivity index (χ0v) is 9.21. The Morgan fingerprint density at radius 3 is 2.69 bits per heavy atom. The van der Waals surface area contributed by atoms with Crippen molar-refractivity contribution in [1.82, 2.24) is 9.80 Å². The fourth-order valence-corrected chi connectivity index (χ4v) is 1.50. The molecular formula is C13H15N2O+. The van der Waals surface area contributed by atoms with Crippen molar-refractivity contribution in [2.75, 3.05) is 13.7 Å². The first-order valence-corrected chi connectivity index (χ1v) is 5.18. The Morgan fingerprint density at radius 2 is 2.06 bits per heavy atom. The molecule has 1 aromatic rings. The minimum atomic E-state index is 0. The minimum Gasteiger partial charge on any atom is -0.361 e. The molecule has 0 saturated carbocycles. The molecule has 3 heteroatoms. The van der Waals surface area contributed by atoms with E-state index in [0.717, 1.165) is 5.56 Å². The molecule has 0 N–H and O–H groups in total. The van der Waals surface area contributed by atoms with E-state index in [2.05, 4.69) is 0 Å². The molecule has 0 unspecified atom stereocenters. The molecule has 0 bridgehead atoms. The van der Waals surface area contributed by atoms with Crippen LogP contribution in [0.3, 0.4) is 0 Å². The van der Waals surface area contributed by atoms with E-state index >= 15 is 0 Å². The van der Waals surface area contributed by atoms with E-state index in [-0.39, 0.29) is 7.33 Å². The van der Waals surface area contributed by atoms with Crippen LogP contribution >= 0.6 is 0 Å². The Labute approximate surface area is 96.8 Å². The van der Waals surface area contributed by atoms with E-state index in [9.17, 15) is 4.79 Å². The van der Waals surface area contributed by atoms with Gasteiger partial charge in [0, 0.05) is 25.5 Å². The summed E-state index contributed by atoms with van der Waals surface area (Å²) in [6.45, 7) is 0.623. The number of nitrogens with zero attached hydrogens (tertiary/aromatic N) is 2. The molecule has 0 radical (unpaired) electrons. The predicted molar refractivity (Wildman–Crippen MR) is 65.2 cm³/mol. The van der Waals surface area contributed by atoms with E-state index in [1.54, 1.807) is 17.2 Å². The number of hydrogen-bond donors (Lipinski definition) is 0. The number of benzene rings is 1. The van der Waals surface area contributed by atoms with E-state index in [0.29, 0.717) is 6.67 Å². The minimum absolute atomic E-state index is 0. The average molecular weight is 215 g/mol. The van der Waals surface area contributed by atoms with Crippen LogP contribution in [0.15, 0.2) is 48.8 Å². The van der Waals surface area contributed by atoms with Gasteiger partial charge in [0.15, 0.2) is 0 Å². The lowest BCUT2D eigenvalue weighted by molar-refractivity contribution is -0.123. The van der Waals surface area contributed by atoms with Gasteiger partial charge in [-0.1, -0.05) is 30.3 Å². The second-order valence-corrected chi connectivity index (χ2v) is 3.75. The van der Waals surface area contributed by atoms with Crippen LogP contribution < -0.4 is 0 Å². The number of carbonyl (C=O) groups excluding carboxylic acids is 1. The largest absolute Gasteiger partial charge is 1.00 e. The second kappa shape index (κ2) is 4.66. The highest BCUT2D eigenvalue weighted by Gasteiger charge is 2.13. The summed E-state index contributed by atoms with van der Waals surface area (Å²) in [7, 11) is 1.94. The maximum Gasteiger partial charge on any atom is 1.00 e. The first-order valence-electron chi connectivity index (χ1n) is 5.18. The van der Waals surface area contributed by atoms with Gasteiger partial charge in [-0.15, -0.1) is 0 Å². The molecule has 3 nitrogen and oxygen atoms in total. The molecule has 0 aromatic heterocycles. The van der Waals surface area contributed by atoms with Gasteiger partial charge in [-0.2, -0.15) is 0 Å². The lowest BCUT2D eigenvalue weighted by Gasteiger charge is -2.13. The summed E-state index contributed by atoms with van der Waals surface area (Å²) < 4.78 is 0. The Balaban J connectivity index is 0.00000144. The van der Waals surface area contributed by atoms with Crippen molar-refractivity contribution in [3.63, 3.8) is 0 Å². The Morgan fingerprint density at radius 1 is 1.31 bits per heavy atom. The molecule has 1 amide bonds. The van der Waals surface area contributed by atoms with Crippen LogP contribution in [0.25, 0.3) is 6.08 Å². The van der Waals surface area contributed by atoms with Crippen molar-refractivity contribution >= 4 is 12.0 Å². The van der Waals surface area contributed by atoms with Crippen molar-refractivity contribution in [2.24, 2.45) is 0 Å². The maximum absolute atomic E-state index is 11.7. The zero-order chi connectivity index (χ0) is 11.4. The van der Waals surface area contributed by atoms with Gasteiger partial charge in [-0.05, 0) is 11.6 Å². The fourth-order valence-electron chi connectivity index (χ4n) is 1.50. The van der Waals surface area contributed by atoms with Crippen LogP contribution in [0.2, 0.25) is 0 Å². The van der Waals surface area contributed by atoms with Gasteiger partial charge in [-0.25, -0.2) is 0 Å². The Bertz CT molecular complexity index is 428. The van der Waals surface area contributed by atoms with E-state index in [1.165, 1.54) is 0 Å². The molecule has 0 aliphatic carbocycles. The molecule has 1 aliphatic rings. The first-order chi connectivity index (χ1) is 7.75.